The summed E-state index contributed by atoms with van der Waals surface area (Å²) in [5.74, 6) is 4.70. The van der Waals surface area contributed by atoms with Crippen molar-refractivity contribution in [3.63, 3.8) is 0 Å². The minimum atomic E-state index is -4.02. The van der Waals surface area contributed by atoms with Crippen molar-refractivity contribution >= 4 is 38.2 Å². The van der Waals surface area contributed by atoms with Gasteiger partial charge in [-0.3, -0.25) is 4.79 Å². The van der Waals surface area contributed by atoms with Crippen LogP contribution in [0.25, 0.3) is 10.9 Å². The monoisotopic (exact) mass is 464 g/mol. The van der Waals surface area contributed by atoms with Gasteiger partial charge in [-0.25, -0.2) is 8.42 Å². The Kier molecular flexibility index (Phi) is 6.15. The Hall–Kier alpha value is -3.38. The van der Waals surface area contributed by atoms with Crippen LogP contribution in [-0.4, -0.2) is 30.1 Å². The molecule has 0 amide bonds. The number of rotatable bonds is 6. The number of fused-ring (bicyclic) bond motifs is 1. The van der Waals surface area contributed by atoms with E-state index in [1.165, 1.54) is 6.07 Å². The van der Waals surface area contributed by atoms with E-state index in [1.54, 1.807) is 6.07 Å². The molecule has 2 N–H and O–H groups in total. The molecule has 2 aromatic carbocycles. The van der Waals surface area contributed by atoms with E-state index < -0.39 is 22.0 Å². The number of aromatic nitrogens is 1. The Morgan fingerprint density at radius 1 is 1.06 bits per heavy atom. The molecule has 162 valence electrons. The normalized spacial score (nSPS) is 12.3. The molecule has 0 aliphatic rings. The molecule has 0 unspecified atom stereocenters. The molecule has 32 heavy (non-hydrogen) atoms. The van der Waals surface area contributed by atoms with Gasteiger partial charge in [-0.05, 0) is 35.9 Å². The molecule has 8 heteroatoms. The average Bonchev–Trinajstić information content (AvgIpc) is 3.38. The number of carboxylic acids is 1. The Morgan fingerprint density at radius 3 is 2.53 bits per heavy atom. The Morgan fingerprint density at radius 2 is 1.78 bits per heavy atom. The highest BCUT2D eigenvalue weighted by Gasteiger charge is 2.27. The summed E-state index contributed by atoms with van der Waals surface area (Å²) < 4.78 is 30.0. The van der Waals surface area contributed by atoms with Crippen molar-refractivity contribution in [1.29, 1.82) is 0 Å². The molecule has 0 saturated carbocycles. The fraction of sp³-hybridized carbons (Fsp3) is 0.125. The van der Waals surface area contributed by atoms with Gasteiger partial charge >= 0.3 is 5.97 Å². The van der Waals surface area contributed by atoms with E-state index in [2.05, 4.69) is 16.6 Å². The molecule has 1 atom stereocenters. The minimum Gasteiger partial charge on any atom is -0.480 e. The summed E-state index contributed by atoms with van der Waals surface area (Å²) in [6.07, 6.45) is 1.86. The summed E-state index contributed by atoms with van der Waals surface area (Å²) in [5, 5.41) is 10.6. The van der Waals surface area contributed by atoms with Crippen LogP contribution in [-0.2, 0) is 28.3 Å². The fourth-order valence-electron chi connectivity index (χ4n) is 3.42. The van der Waals surface area contributed by atoms with E-state index in [0.29, 0.717) is 4.88 Å². The second-order valence-corrected chi connectivity index (χ2v) is 10.3. The lowest BCUT2D eigenvalue weighted by Crippen LogP contribution is -2.42. The van der Waals surface area contributed by atoms with Crippen LogP contribution < -0.4 is 4.72 Å². The number of para-hydroxylation sites is 1. The molecule has 4 aromatic rings. The van der Waals surface area contributed by atoms with E-state index in [0.717, 1.165) is 33.4 Å². The predicted molar refractivity (Wildman–Crippen MR) is 125 cm³/mol. The number of aryl methyl sites for hydroxylation is 1. The molecule has 0 radical (unpaired) electrons. The molecule has 0 spiro atoms. The molecule has 2 aromatic heterocycles. The maximum atomic E-state index is 12.9. The Bertz CT molecular complexity index is 1440. The predicted octanol–water partition coefficient (Wildman–Crippen LogP) is 3.61. The van der Waals surface area contributed by atoms with Crippen LogP contribution in [0.3, 0.4) is 0 Å². The number of nitrogens with one attached hydrogen (secondary N) is 1. The lowest BCUT2D eigenvalue weighted by Gasteiger charge is -2.13. The molecule has 0 bridgehead atoms. The second kappa shape index (κ2) is 9.01. The number of sulfonamides is 1. The van der Waals surface area contributed by atoms with Gasteiger partial charge in [0.2, 0.25) is 0 Å². The first-order chi connectivity index (χ1) is 15.3. The zero-order chi connectivity index (χ0) is 22.7. The van der Waals surface area contributed by atoms with Crippen molar-refractivity contribution in [1.82, 2.24) is 9.29 Å². The number of hydrogen-bond acceptors (Lipinski definition) is 4. The van der Waals surface area contributed by atoms with Crippen LogP contribution in [0.2, 0.25) is 0 Å². The molecule has 0 saturated heterocycles. The molecular weight excluding hydrogens is 444 g/mol. The summed E-state index contributed by atoms with van der Waals surface area (Å²) in [4.78, 5) is 12.4. The second-order valence-electron chi connectivity index (χ2n) is 7.23. The number of carbonyl (C=O) groups is 1. The summed E-state index contributed by atoms with van der Waals surface area (Å²) in [7, 11) is -2.15. The van der Waals surface area contributed by atoms with Crippen LogP contribution in [0.15, 0.2) is 77.1 Å². The van der Waals surface area contributed by atoms with E-state index in [9.17, 15) is 18.3 Å². The molecular formula is C24H20N2O4S2. The number of benzene rings is 2. The molecule has 0 aliphatic heterocycles. The topological polar surface area (TPSA) is 88.4 Å². The number of nitrogens with zero attached hydrogens (tertiary/aromatic N) is 1. The lowest BCUT2D eigenvalue weighted by atomic mass is 10.1. The number of aliphatic carboxylic acids is 1. The highest BCUT2D eigenvalue weighted by Crippen LogP contribution is 2.24. The fourth-order valence-corrected chi connectivity index (χ4v) is 5.79. The van der Waals surface area contributed by atoms with Gasteiger partial charge in [-0.1, -0.05) is 48.2 Å². The van der Waals surface area contributed by atoms with Crippen LogP contribution in [0.1, 0.15) is 16.0 Å². The van der Waals surface area contributed by atoms with Crippen molar-refractivity contribution in [3.05, 3.63) is 88.9 Å². The van der Waals surface area contributed by atoms with Crippen LogP contribution in [0, 0.1) is 11.8 Å². The average molecular weight is 465 g/mol. The van der Waals surface area contributed by atoms with Crippen molar-refractivity contribution in [2.24, 2.45) is 7.05 Å². The minimum absolute atomic E-state index is 0.0269. The smallest absolute Gasteiger partial charge is 0.322 e. The zero-order valence-electron chi connectivity index (χ0n) is 17.1. The first-order valence-electron chi connectivity index (χ1n) is 9.78. The summed E-state index contributed by atoms with van der Waals surface area (Å²) in [5.41, 5.74) is 2.54. The SMILES string of the molecule is Cn1cc(C[C@@H](NS(=O)(=O)c2ccc(C#Cc3ccccc3)s2)C(=O)O)c2ccccc21. The maximum absolute atomic E-state index is 12.9. The third-order valence-corrected chi connectivity index (χ3v) is 7.91. The quantitative estimate of drug-likeness (QED) is 0.427. The zero-order valence-corrected chi connectivity index (χ0v) is 18.8. The van der Waals surface area contributed by atoms with Gasteiger partial charge in [0, 0.05) is 36.1 Å². The highest BCUT2D eigenvalue weighted by atomic mass is 32.2. The number of thiophene rings is 1. The Balaban J connectivity index is 1.55. The van der Waals surface area contributed by atoms with Gasteiger partial charge in [-0.2, -0.15) is 4.72 Å². The van der Waals surface area contributed by atoms with Gasteiger partial charge in [-0.15, -0.1) is 11.3 Å². The molecule has 0 fully saturated rings. The third-order valence-electron chi connectivity index (χ3n) is 4.95. The molecule has 6 nitrogen and oxygen atoms in total. The van der Waals surface area contributed by atoms with E-state index in [-0.39, 0.29) is 10.6 Å². The maximum Gasteiger partial charge on any atom is 0.322 e. The molecule has 0 aliphatic carbocycles. The lowest BCUT2D eigenvalue weighted by molar-refractivity contribution is -0.138. The van der Waals surface area contributed by atoms with E-state index in [4.69, 9.17) is 0 Å². The van der Waals surface area contributed by atoms with Crippen LogP contribution in [0.5, 0.6) is 0 Å². The van der Waals surface area contributed by atoms with E-state index >= 15 is 0 Å². The van der Waals surface area contributed by atoms with Gasteiger partial charge in [0.05, 0.1) is 4.88 Å². The van der Waals surface area contributed by atoms with Crippen LogP contribution in [0.4, 0.5) is 0 Å². The van der Waals surface area contributed by atoms with Gasteiger partial charge in [0.1, 0.15) is 10.3 Å². The van der Waals surface area contributed by atoms with Crippen LogP contribution >= 0.6 is 11.3 Å². The number of hydrogen-bond donors (Lipinski definition) is 2. The van der Waals surface area contributed by atoms with Crippen molar-refractivity contribution in [2.45, 2.75) is 16.7 Å². The largest absolute Gasteiger partial charge is 0.480 e. The van der Waals surface area contributed by atoms with Gasteiger partial charge < -0.3 is 9.67 Å². The standard InChI is InChI=1S/C24H20N2O4S2/c1-26-16-18(20-9-5-6-10-22(20)26)15-21(24(27)28)25-32(29,30)23-14-13-19(31-23)12-11-17-7-3-2-4-8-17/h2-10,13-14,16,21,25H,15H2,1H3,(H,27,28)/t21-/m1/s1. The molecule has 4 rings (SSSR count). The van der Waals surface area contributed by atoms with Crippen molar-refractivity contribution in [2.75, 3.05) is 0 Å². The molecule has 2 heterocycles. The Labute approximate surface area is 190 Å². The van der Waals surface area contributed by atoms with Crippen molar-refractivity contribution in [3.8, 4) is 11.8 Å². The van der Waals surface area contributed by atoms with Crippen molar-refractivity contribution < 1.29 is 18.3 Å². The van der Waals surface area contributed by atoms with E-state index in [1.807, 2.05) is 72.4 Å². The highest BCUT2D eigenvalue weighted by molar-refractivity contribution is 7.91. The number of carboxylic acid groups (broad SMARTS) is 1. The summed E-state index contributed by atoms with van der Waals surface area (Å²) >= 11 is 1.00. The first kappa shape index (κ1) is 21.8. The first-order valence-corrected chi connectivity index (χ1v) is 12.1. The summed E-state index contributed by atoms with van der Waals surface area (Å²) in [6.45, 7) is 0. The van der Waals surface area contributed by atoms with Gasteiger partial charge in [0.15, 0.2) is 0 Å². The summed E-state index contributed by atoms with van der Waals surface area (Å²) in [6, 6.07) is 18.7. The van der Waals surface area contributed by atoms with Gasteiger partial charge in [0.25, 0.3) is 10.0 Å². The third kappa shape index (κ3) is 4.75.